The Morgan fingerprint density at radius 1 is 1.23 bits per heavy atom. The zero-order chi connectivity index (χ0) is 19.3. The third-order valence-corrected chi connectivity index (χ3v) is 4.32. The second-order valence-corrected chi connectivity index (χ2v) is 6.14. The number of carbonyl (C=O) groups excluding carboxylic acids is 1. The molecule has 1 atom stereocenters. The van der Waals surface area contributed by atoms with Crippen molar-refractivity contribution >= 4 is 11.6 Å². The maximum Gasteiger partial charge on any atom is 0.273 e. The predicted octanol–water partition coefficient (Wildman–Crippen LogP) is 2.94. The van der Waals surface area contributed by atoms with Gasteiger partial charge in [-0.15, -0.1) is 0 Å². The molecule has 1 unspecified atom stereocenters. The minimum atomic E-state index is -0.483. The van der Waals surface area contributed by atoms with Gasteiger partial charge in [0.25, 0.3) is 11.6 Å². The van der Waals surface area contributed by atoms with Crippen molar-refractivity contribution in [3.05, 3.63) is 69.3 Å². The number of para-hydroxylation sites is 1. The Labute approximate surface area is 152 Å². The summed E-state index contributed by atoms with van der Waals surface area (Å²) in [5.41, 5.74) is 1.55. The van der Waals surface area contributed by atoms with E-state index in [0.717, 1.165) is 11.3 Å². The molecule has 0 radical (unpaired) electrons. The van der Waals surface area contributed by atoms with E-state index in [1.165, 1.54) is 12.1 Å². The molecule has 2 aromatic carbocycles. The molecule has 0 heterocycles. The summed E-state index contributed by atoms with van der Waals surface area (Å²) < 4.78 is 5.41. The van der Waals surface area contributed by atoms with E-state index in [2.05, 4.69) is 5.32 Å². The topological polar surface area (TPSA) is 84.7 Å². The van der Waals surface area contributed by atoms with Gasteiger partial charge in [0.1, 0.15) is 5.75 Å². The van der Waals surface area contributed by atoms with Crippen molar-refractivity contribution in [2.24, 2.45) is 0 Å². The largest absolute Gasteiger partial charge is 0.496 e. The van der Waals surface area contributed by atoms with Crippen LogP contribution in [0.1, 0.15) is 27.5 Å². The fourth-order valence-electron chi connectivity index (χ4n) is 2.86. The van der Waals surface area contributed by atoms with Gasteiger partial charge in [0.05, 0.1) is 18.1 Å². The average molecular weight is 357 g/mol. The summed E-state index contributed by atoms with van der Waals surface area (Å²) in [6.45, 7) is 1.92. The molecule has 2 aromatic rings. The monoisotopic (exact) mass is 357 g/mol. The van der Waals surface area contributed by atoms with E-state index in [9.17, 15) is 14.9 Å². The summed E-state index contributed by atoms with van der Waals surface area (Å²) in [6, 6.07) is 12.0. The highest BCUT2D eigenvalue weighted by molar-refractivity contribution is 5.96. The van der Waals surface area contributed by atoms with Crippen molar-refractivity contribution in [3.8, 4) is 5.75 Å². The van der Waals surface area contributed by atoms with Crippen LogP contribution in [0.4, 0.5) is 5.69 Å². The Morgan fingerprint density at radius 2 is 1.92 bits per heavy atom. The summed E-state index contributed by atoms with van der Waals surface area (Å²) >= 11 is 0. The minimum Gasteiger partial charge on any atom is -0.496 e. The number of hydrogen-bond acceptors (Lipinski definition) is 5. The third kappa shape index (κ3) is 4.18. The smallest absolute Gasteiger partial charge is 0.273 e. The highest BCUT2D eigenvalue weighted by Gasteiger charge is 2.21. The minimum absolute atomic E-state index is 0.0634. The highest BCUT2D eigenvalue weighted by Crippen LogP contribution is 2.27. The maximum absolute atomic E-state index is 12.6. The number of carbonyl (C=O) groups is 1. The van der Waals surface area contributed by atoms with Crippen molar-refractivity contribution < 1.29 is 14.5 Å². The first-order valence-corrected chi connectivity index (χ1v) is 8.18. The van der Waals surface area contributed by atoms with E-state index in [4.69, 9.17) is 4.74 Å². The maximum atomic E-state index is 12.6. The molecule has 1 N–H and O–H groups in total. The highest BCUT2D eigenvalue weighted by atomic mass is 16.6. The molecule has 0 saturated heterocycles. The molecule has 138 valence electrons. The molecule has 0 fully saturated rings. The second kappa shape index (κ2) is 8.44. The van der Waals surface area contributed by atoms with Gasteiger partial charge in [-0.2, -0.15) is 0 Å². The molecule has 0 aliphatic rings. The number of nitro benzene ring substituents is 1. The Morgan fingerprint density at radius 3 is 2.54 bits per heavy atom. The van der Waals surface area contributed by atoms with Gasteiger partial charge in [0.2, 0.25) is 0 Å². The second-order valence-electron chi connectivity index (χ2n) is 6.14. The van der Waals surface area contributed by atoms with Gasteiger partial charge in [-0.25, -0.2) is 0 Å². The zero-order valence-electron chi connectivity index (χ0n) is 15.4. The van der Waals surface area contributed by atoms with Crippen LogP contribution in [0, 0.1) is 17.0 Å². The lowest BCUT2D eigenvalue weighted by Crippen LogP contribution is -2.35. The van der Waals surface area contributed by atoms with Crippen LogP contribution in [0.25, 0.3) is 0 Å². The fraction of sp³-hybridized carbons (Fsp3) is 0.316. The lowest BCUT2D eigenvalue weighted by Gasteiger charge is -2.26. The standard InChI is InChI=1S/C19H23N3O4/c1-13-14(9-7-10-16(13)22(24)25)19(23)20-12-17(21(2)3)15-8-5-6-11-18(15)26-4/h5-11,17H,12H2,1-4H3,(H,20,23). The Balaban J connectivity index is 2.21. The Kier molecular flexibility index (Phi) is 6.30. The van der Waals surface area contributed by atoms with E-state index in [0.29, 0.717) is 17.7 Å². The summed E-state index contributed by atoms with van der Waals surface area (Å²) in [4.78, 5) is 25.1. The van der Waals surface area contributed by atoms with Gasteiger partial charge in [-0.3, -0.25) is 14.9 Å². The molecule has 0 aromatic heterocycles. The fourth-order valence-corrected chi connectivity index (χ4v) is 2.86. The molecule has 26 heavy (non-hydrogen) atoms. The van der Waals surface area contributed by atoms with Crippen molar-refractivity contribution in [3.63, 3.8) is 0 Å². The van der Waals surface area contributed by atoms with Crippen molar-refractivity contribution in [2.45, 2.75) is 13.0 Å². The number of amides is 1. The summed E-state index contributed by atoms with van der Waals surface area (Å²) in [6.07, 6.45) is 0. The molecular weight excluding hydrogens is 334 g/mol. The number of likely N-dealkylation sites (N-methyl/N-ethyl adjacent to an activating group) is 1. The number of nitrogens with one attached hydrogen (secondary N) is 1. The van der Waals surface area contributed by atoms with Crippen LogP contribution in [0.15, 0.2) is 42.5 Å². The van der Waals surface area contributed by atoms with E-state index in [-0.39, 0.29) is 17.6 Å². The Bertz CT molecular complexity index is 805. The van der Waals surface area contributed by atoms with Crippen LogP contribution in [0.2, 0.25) is 0 Å². The SMILES string of the molecule is COc1ccccc1C(CNC(=O)c1cccc([N+](=O)[O-])c1C)N(C)C. The zero-order valence-corrected chi connectivity index (χ0v) is 15.4. The van der Waals surface area contributed by atoms with Crippen LogP contribution in [-0.2, 0) is 0 Å². The van der Waals surface area contributed by atoms with Crippen molar-refractivity contribution in [1.29, 1.82) is 0 Å². The average Bonchev–Trinajstić information content (AvgIpc) is 2.61. The van der Waals surface area contributed by atoms with E-state index in [1.807, 2.05) is 43.3 Å². The molecule has 0 aliphatic carbocycles. The molecule has 0 spiro atoms. The lowest BCUT2D eigenvalue weighted by atomic mass is 10.0. The molecule has 0 aliphatic heterocycles. The molecule has 0 bridgehead atoms. The van der Waals surface area contributed by atoms with Crippen LogP contribution in [0.3, 0.4) is 0 Å². The third-order valence-electron chi connectivity index (χ3n) is 4.32. The number of hydrogen-bond donors (Lipinski definition) is 1. The molecule has 1 amide bonds. The summed E-state index contributed by atoms with van der Waals surface area (Å²) in [7, 11) is 5.44. The number of nitrogens with zero attached hydrogens (tertiary/aromatic N) is 2. The summed E-state index contributed by atoms with van der Waals surface area (Å²) in [5, 5.41) is 13.9. The van der Waals surface area contributed by atoms with E-state index >= 15 is 0 Å². The molecule has 7 nitrogen and oxygen atoms in total. The van der Waals surface area contributed by atoms with Crippen molar-refractivity contribution in [2.75, 3.05) is 27.7 Å². The number of benzene rings is 2. The molecule has 7 heteroatoms. The first-order valence-electron chi connectivity index (χ1n) is 8.18. The lowest BCUT2D eigenvalue weighted by molar-refractivity contribution is -0.385. The van der Waals surface area contributed by atoms with Gasteiger partial charge in [-0.05, 0) is 33.2 Å². The number of methoxy groups -OCH3 is 1. The van der Waals surface area contributed by atoms with E-state index < -0.39 is 4.92 Å². The van der Waals surface area contributed by atoms with Gasteiger partial charge in [-0.1, -0.05) is 24.3 Å². The summed E-state index contributed by atoms with van der Waals surface area (Å²) in [5.74, 6) is 0.403. The van der Waals surface area contributed by atoms with Crippen LogP contribution >= 0.6 is 0 Å². The molecule has 0 saturated carbocycles. The quantitative estimate of drug-likeness (QED) is 0.608. The van der Waals surface area contributed by atoms with Gasteiger partial charge >= 0.3 is 0 Å². The number of ether oxygens (including phenoxy) is 1. The first kappa shape index (κ1) is 19.4. The Hall–Kier alpha value is -2.93. The van der Waals surface area contributed by atoms with Crippen LogP contribution in [-0.4, -0.2) is 43.5 Å². The van der Waals surface area contributed by atoms with Crippen LogP contribution < -0.4 is 10.1 Å². The van der Waals surface area contributed by atoms with Gasteiger partial charge in [0.15, 0.2) is 0 Å². The van der Waals surface area contributed by atoms with E-state index in [1.54, 1.807) is 20.1 Å². The molecular formula is C19H23N3O4. The predicted molar refractivity (Wildman–Crippen MR) is 99.6 cm³/mol. The van der Waals surface area contributed by atoms with Crippen LogP contribution in [0.5, 0.6) is 5.75 Å². The molecule has 2 rings (SSSR count). The normalized spacial score (nSPS) is 11.9. The van der Waals surface area contributed by atoms with Gasteiger partial charge in [0, 0.05) is 29.3 Å². The first-order chi connectivity index (χ1) is 12.4. The van der Waals surface area contributed by atoms with Crippen molar-refractivity contribution in [1.82, 2.24) is 10.2 Å². The number of rotatable bonds is 7. The van der Waals surface area contributed by atoms with Gasteiger partial charge < -0.3 is 15.0 Å². The number of nitro groups is 1.